The predicted octanol–water partition coefficient (Wildman–Crippen LogP) is -5.89. The molecule has 0 N–H and O–H groups in total. The van der Waals surface area contributed by atoms with Crippen LogP contribution in [0.4, 0.5) is 0 Å². The van der Waals surface area contributed by atoms with E-state index in [1.54, 1.807) is 15.9 Å². The summed E-state index contributed by atoms with van der Waals surface area (Å²) >= 11 is 1.69. The zero-order chi connectivity index (χ0) is 2.00. The maximum atomic E-state index is 8.06. The van der Waals surface area contributed by atoms with Gasteiger partial charge in [0.25, 0.3) is 0 Å². The summed E-state index contributed by atoms with van der Waals surface area (Å²) in [6, 6.07) is 0. The Morgan fingerprint density at radius 3 is 1.20 bits per heavy atom. The topological polar surface area (TPSA) is 17.1 Å². The van der Waals surface area contributed by atoms with Crippen molar-refractivity contribution in [2.45, 2.75) is 0 Å². The summed E-state index contributed by atoms with van der Waals surface area (Å²) < 4.78 is 8.06. The summed E-state index contributed by atoms with van der Waals surface area (Å²) in [5.74, 6) is 0. The van der Waals surface area contributed by atoms with Crippen molar-refractivity contribution in [1.82, 2.24) is 0 Å². The molecule has 0 aromatic carbocycles. The van der Waals surface area contributed by atoms with Crippen LogP contribution in [0.25, 0.3) is 0 Å². The normalized spacial score (nSPS) is 0.800. The summed E-state index contributed by atoms with van der Waals surface area (Å²) in [6.07, 6.45) is 0. The van der Waals surface area contributed by atoms with Gasteiger partial charge in [-0.3, -0.25) is 0 Å². The van der Waals surface area contributed by atoms with E-state index in [1.807, 2.05) is 0 Å². The van der Waals surface area contributed by atoms with Gasteiger partial charge in [0.05, 0.1) is 0 Å². The van der Waals surface area contributed by atoms with E-state index in [9.17, 15) is 0 Å². The second-order valence-electron chi connectivity index (χ2n) is 0. The van der Waals surface area contributed by atoms with Gasteiger partial charge in [-0.15, -0.1) is 0 Å². The fraction of sp³-hybridized carbons (Fsp3) is 0. The van der Waals surface area contributed by atoms with E-state index in [0.29, 0.717) is 0 Å². The molecule has 24 valence electrons. The van der Waals surface area contributed by atoms with Crippen LogP contribution in [0.5, 0.6) is 0 Å². The molecule has 0 unspecified atom stereocenters. The Hall–Kier alpha value is 2.03. The van der Waals surface area contributed by atoms with Crippen molar-refractivity contribution >= 4 is 0 Å². The van der Waals surface area contributed by atoms with Gasteiger partial charge in [0, 0.05) is 17.1 Å². The Morgan fingerprint density at radius 2 is 1.20 bits per heavy atom. The van der Waals surface area contributed by atoms with Crippen molar-refractivity contribution in [3.05, 3.63) is 0 Å². The molecule has 0 aliphatic heterocycles. The molecule has 1 nitrogen and oxygen atoms in total. The number of hydrogen-bond donors (Lipinski definition) is 0. The molecule has 0 heterocycles. The van der Waals surface area contributed by atoms with E-state index >= 15 is 0 Å². The number of rotatable bonds is 0. The predicted molar refractivity (Wildman–Crippen MR) is 2.91 cm³/mol. The molecule has 0 bridgehead atoms. The Kier molecular flexibility index (Phi) is 206. The average molecular weight is 142 g/mol. The molecular formula is H2Li2Mn2O. The van der Waals surface area contributed by atoms with Crippen LogP contribution in [-0.4, -0.2) is 0 Å². The second kappa shape index (κ2) is 37.0. The van der Waals surface area contributed by atoms with Crippen molar-refractivity contribution in [1.29, 1.82) is 0 Å². The molecule has 0 saturated heterocycles. The molecule has 0 aromatic heterocycles. The van der Waals surface area contributed by atoms with Crippen LogP contribution in [-0.2, 0) is 36.8 Å². The van der Waals surface area contributed by atoms with E-state index in [2.05, 4.69) is 0 Å². The number of hydrogen-bond acceptors (Lipinski definition) is 1. The van der Waals surface area contributed by atoms with Crippen LogP contribution in [0.3, 0.4) is 0 Å². The van der Waals surface area contributed by atoms with Gasteiger partial charge in [-0.25, -0.2) is 0 Å². The van der Waals surface area contributed by atoms with E-state index in [4.69, 9.17) is 3.83 Å². The SMILES string of the molecule is [H-].[H-].[Li+].[Li+].[Mn].[O]=[Mn]. The van der Waals surface area contributed by atoms with Crippen LogP contribution in [0, 0.1) is 0 Å². The van der Waals surface area contributed by atoms with Crippen LogP contribution in [0.1, 0.15) is 2.85 Å². The van der Waals surface area contributed by atoms with Gasteiger partial charge in [0.1, 0.15) is 0 Å². The zero-order valence-corrected chi connectivity index (χ0v) is 5.53. The second-order valence-corrected chi connectivity index (χ2v) is 0. The molecule has 1 radical (unpaired) electrons. The Labute approximate surface area is 76.8 Å². The van der Waals surface area contributed by atoms with E-state index in [1.165, 1.54) is 0 Å². The molecule has 0 aliphatic rings. The molecule has 0 aliphatic carbocycles. The van der Waals surface area contributed by atoms with Gasteiger partial charge >= 0.3 is 57.5 Å². The first kappa shape index (κ1) is 27.8. The zero-order valence-electron chi connectivity index (χ0n) is 5.16. The quantitative estimate of drug-likeness (QED) is 0.308. The van der Waals surface area contributed by atoms with Gasteiger partial charge < -0.3 is 2.85 Å². The third-order valence-electron chi connectivity index (χ3n) is 0. The van der Waals surface area contributed by atoms with Crippen molar-refractivity contribution < 1.29 is 77.4 Å². The van der Waals surface area contributed by atoms with Gasteiger partial charge in [0.2, 0.25) is 0 Å². The van der Waals surface area contributed by atoms with Crippen LogP contribution < -0.4 is 37.7 Å². The summed E-state index contributed by atoms with van der Waals surface area (Å²) in [5.41, 5.74) is 0. The summed E-state index contributed by atoms with van der Waals surface area (Å²) in [6.45, 7) is 0. The van der Waals surface area contributed by atoms with E-state index in [0.717, 1.165) is 0 Å². The van der Waals surface area contributed by atoms with Gasteiger partial charge in [0.15, 0.2) is 0 Å². The fourth-order valence-electron chi connectivity index (χ4n) is 0. The first-order valence-corrected chi connectivity index (χ1v) is 0.636. The molecule has 0 rings (SSSR count). The van der Waals surface area contributed by atoms with Crippen molar-refractivity contribution in [3.63, 3.8) is 0 Å². The van der Waals surface area contributed by atoms with Crippen LogP contribution in [0.15, 0.2) is 0 Å². The third kappa shape index (κ3) is 23.7. The Bertz CT molecular complexity index is 13.7. The molecule has 0 saturated carbocycles. The van der Waals surface area contributed by atoms with Crippen LogP contribution >= 0.6 is 0 Å². The minimum atomic E-state index is 0. The van der Waals surface area contributed by atoms with Crippen molar-refractivity contribution in [2.75, 3.05) is 0 Å². The maximum absolute atomic E-state index is 8.06. The molecule has 0 aromatic rings. The summed E-state index contributed by atoms with van der Waals surface area (Å²) in [7, 11) is 0. The van der Waals surface area contributed by atoms with E-state index < -0.39 is 0 Å². The first-order chi connectivity index (χ1) is 1.00. The average Bonchev–Trinajstić information content (AvgIpc) is 1.00. The van der Waals surface area contributed by atoms with Gasteiger partial charge in [-0.2, -0.15) is 0 Å². The Balaban J connectivity index is -0.000000000500. The molecule has 5 heavy (non-hydrogen) atoms. The first-order valence-electron chi connectivity index (χ1n) is 0.154. The fourth-order valence-corrected chi connectivity index (χ4v) is 0. The molecular weight excluding hydrogens is 140 g/mol. The summed E-state index contributed by atoms with van der Waals surface area (Å²) in [5, 5.41) is 0. The molecule has 5 heteroatoms. The van der Waals surface area contributed by atoms with Crippen LogP contribution in [0.2, 0.25) is 0 Å². The molecule has 0 atom stereocenters. The molecule has 0 fully saturated rings. The standard InChI is InChI=1S/2Li.2Mn.O.2H/q2*+1;;;;2*-1. The Morgan fingerprint density at radius 1 is 1.20 bits per heavy atom. The van der Waals surface area contributed by atoms with E-state index in [-0.39, 0.29) is 57.6 Å². The van der Waals surface area contributed by atoms with Crippen molar-refractivity contribution in [3.8, 4) is 0 Å². The van der Waals surface area contributed by atoms with Gasteiger partial charge in [-0.1, -0.05) is 0 Å². The molecule has 0 spiro atoms. The monoisotopic (exact) mass is 142 g/mol. The van der Waals surface area contributed by atoms with Gasteiger partial charge in [-0.05, 0) is 0 Å². The summed E-state index contributed by atoms with van der Waals surface area (Å²) in [4.78, 5) is 0. The third-order valence-corrected chi connectivity index (χ3v) is 0. The minimum absolute atomic E-state index is 0. The van der Waals surface area contributed by atoms with Crippen molar-refractivity contribution in [2.24, 2.45) is 0 Å². The molecule has 0 amide bonds.